The molecule has 3 heterocycles. The molecule has 198 valence electrons. The lowest BCUT2D eigenvalue weighted by Crippen LogP contribution is -2.57. The second-order valence-corrected chi connectivity index (χ2v) is 10.4. The second kappa shape index (κ2) is 10.8. The topological polar surface area (TPSA) is 86.7 Å². The van der Waals surface area contributed by atoms with Crippen LogP contribution in [0.4, 0.5) is 5.69 Å². The number of ether oxygens (including phenoxy) is 3. The van der Waals surface area contributed by atoms with Crippen molar-refractivity contribution in [1.29, 1.82) is 0 Å². The Morgan fingerprint density at radius 1 is 1.19 bits per heavy atom. The molecule has 9 nitrogen and oxygen atoms in total. The zero-order chi connectivity index (χ0) is 26.0. The average molecular weight is 549 g/mol. The summed E-state index contributed by atoms with van der Waals surface area (Å²) in [5, 5.41) is 14.3. The molecular formula is C26H30Cl2N4O5. The number of quaternary nitrogens is 1. The summed E-state index contributed by atoms with van der Waals surface area (Å²) in [6, 6.07) is 12.5. The normalized spacial score (nSPS) is 25.0. The summed E-state index contributed by atoms with van der Waals surface area (Å²) >= 11 is 12.7. The minimum Gasteiger partial charge on any atom is -0.627 e. The van der Waals surface area contributed by atoms with Crippen molar-refractivity contribution in [3.63, 3.8) is 0 Å². The lowest BCUT2D eigenvalue weighted by Gasteiger charge is -2.47. The molecule has 2 saturated heterocycles. The Labute approximate surface area is 226 Å². The standard InChI is InChI=1S/C26H30Cl2N4O5/c1-19(33)31-10-12-32(34,13-11-31)21-3-5-22(6-4-21)35-15-23-16-36-26(37-23,17-30-9-8-29-18-30)24-7-2-20(27)14-25(24)28/h2-7,14,18,23H,8-13,15-17H2,1H3/t23-,26-/m1/s1. The first-order valence-corrected chi connectivity index (χ1v) is 13.1. The minimum atomic E-state index is -1.07. The van der Waals surface area contributed by atoms with E-state index < -0.39 is 10.4 Å². The first-order valence-electron chi connectivity index (χ1n) is 12.3. The van der Waals surface area contributed by atoms with Crippen LogP contribution in [0.3, 0.4) is 0 Å². The van der Waals surface area contributed by atoms with Crippen molar-refractivity contribution in [2.45, 2.75) is 18.8 Å². The molecule has 11 heteroatoms. The van der Waals surface area contributed by atoms with E-state index in [9.17, 15) is 10.0 Å². The number of hydrogen-bond acceptors (Lipinski definition) is 7. The van der Waals surface area contributed by atoms with Gasteiger partial charge in [0.15, 0.2) is 0 Å². The third kappa shape index (κ3) is 5.72. The van der Waals surface area contributed by atoms with Crippen LogP contribution in [0.25, 0.3) is 0 Å². The van der Waals surface area contributed by atoms with Crippen LogP contribution in [0.15, 0.2) is 47.5 Å². The average Bonchev–Trinajstić information content (AvgIpc) is 3.54. The van der Waals surface area contributed by atoms with Crippen molar-refractivity contribution in [3.05, 3.63) is 63.3 Å². The van der Waals surface area contributed by atoms with Gasteiger partial charge in [-0.3, -0.25) is 9.79 Å². The number of benzene rings is 2. The highest BCUT2D eigenvalue weighted by atomic mass is 35.5. The molecule has 2 atom stereocenters. The van der Waals surface area contributed by atoms with E-state index in [1.807, 2.05) is 11.0 Å². The Morgan fingerprint density at radius 2 is 1.95 bits per heavy atom. The van der Waals surface area contributed by atoms with Gasteiger partial charge in [0.2, 0.25) is 11.7 Å². The first-order chi connectivity index (χ1) is 17.8. The quantitative estimate of drug-likeness (QED) is 0.387. The van der Waals surface area contributed by atoms with E-state index in [2.05, 4.69) is 4.99 Å². The molecule has 2 fully saturated rings. The monoisotopic (exact) mass is 548 g/mol. The maximum Gasteiger partial charge on any atom is 0.219 e. The zero-order valence-corrected chi connectivity index (χ0v) is 22.2. The third-order valence-corrected chi connectivity index (χ3v) is 7.57. The number of rotatable bonds is 7. The highest BCUT2D eigenvalue weighted by Gasteiger charge is 2.46. The maximum atomic E-state index is 13.3. The smallest absolute Gasteiger partial charge is 0.219 e. The number of carbonyl (C=O) groups is 1. The van der Waals surface area contributed by atoms with Gasteiger partial charge in [-0.2, -0.15) is 0 Å². The molecule has 0 unspecified atom stereocenters. The van der Waals surface area contributed by atoms with Crippen LogP contribution < -0.4 is 9.38 Å². The number of hydroxylamine groups is 2. The molecule has 0 aliphatic carbocycles. The predicted molar refractivity (Wildman–Crippen MR) is 143 cm³/mol. The molecule has 5 rings (SSSR count). The van der Waals surface area contributed by atoms with E-state index in [4.69, 9.17) is 37.4 Å². The Morgan fingerprint density at radius 3 is 2.59 bits per heavy atom. The number of halogens is 2. The molecule has 0 N–H and O–H groups in total. The van der Waals surface area contributed by atoms with Gasteiger partial charge in [-0.05, 0) is 24.3 Å². The molecule has 37 heavy (non-hydrogen) atoms. The van der Waals surface area contributed by atoms with Gasteiger partial charge in [-0.1, -0.05) is 29.3 Å². The second-order valence-electron chi connectivity index (χ2n) is 9.57. The SMILES string of the molecule is CC(=O)N1CC[N+]([O-])(c2ccc(OC[C@@H]3CO[C@@](CN4C=NCC4)(c4ccc(Cl)cc4Cl)O3)cc2)CC1. The van der Waals surface area contributed by atoms with Crippen molar-refractivity contribution in [1.82, 2.24) is 14.4 Å². The van der Waals surface area contributed by atoms with E-state index in [-0.39, 0.29) is 18.6 Å². The summed E-state index contributed by atoms with van der Waals surface area (Å²) in [4.78, 5) is 19.6. The number of carbonyl (C=O) groups excluding carboxylic acids is 1. The van der Waals surface area contributed by atoms with E-state index >= 15 is 0 Å². The molecule has 2 aromatic rings. The fourth-order valence-corrected chi connectivity index (χ4v) is 5.48. The van der Waals surface area contributed by atoms with Gasteiger partial charge in [-0.15, -0.1) is 0 Å². The van der Waals surface area contributed by atoms with Gasteiger partial charge in [0.05, 0.1) is 44.1 Å². The fraction of sp³-hybridized carbons (Fsp3) is 0.462. The highest BCUT2D eigenvalue weighted by molar-refractivity contribution is 6.35. The summed E-state index contributed by atoms with van der Waals surface area (Å²) in [7, 11) is 0. The van der Waals surface area contributed by atoms with Crippen LogP contribution >= 0.6 is 23.2 Å². The summed E-state index contributed by atoms with van der Waals surface area (Å²) in [6.07, 6.45) is 1.47. The Kier molecular flexibility index (Phi) is 7.63. The van der Waals surface area contributed by atoms with Crippen molar-refractivity contribution in [3.8, 4) is 5.75 Å². The summed E-state index contributed by atoms with van der Waals surface area (Å²) < 4.78 is 18.2. The number of piperazine rings is 1. The van der Waals surface area contributed by atoms with Gasteiger partial charge in [0.25, 0.3) is 0 Å². The molecule has 3 aliphatic heterocycles. The predicted octanol–water partition coefficient (Wildman–Crippen LogP) is 3.65. The van der Waals surface area contributed by atoms with Crippen LogP contribution in [0.1, 0.15) is 12.5 Å². The highest BCUT2D eigenvalue weighted by Crippen LogP contribution is 2.40. The molecule has 0 bridgehead atoms. The van der Waals surface area contributed by atoms with Crippen LogP contribution in [0.5, 0.6) is 5.75 Å². The van der Waals surface area contributed by atoms with Crippen molar-refractivity contribution in [2.75, 3.05) is 59.0 Å². The minimum absolute atomic E-state index is 0.00373. The summed E-state index contributed by atoms with van der Waals surface area (Å²) in [6.45, 7) is 5.66. The van der Waals surface area contributed by atoms with E-state index in [1.54, 1.807) is 47.6 Å². The molecule has 1 amide bonds. The van der Waals surface area contributed by atoms with E-state index in [0.717, 1.165) is 13.1 Å². The lowest BCUT2D eigenvalue weighted by atomic mass is 10.0. The Balaban J connectivity index is 1.22. The van der Waals surface area contributed by atoms with Gasteiger partial charge >= 0.3 is 0 Å². The fourth-order valence-electron chi connectivity index (χ4n) is 4.92. The number of nitrogens with zero attached hydrogens (tertiary/aromatic N) is 4. The van der Waals surface area contributed by atoms with Crippen LogP contribution in [0, 0.1) is 5.21 Å². The first kappa shape index (κ1) is 26.2. The largest absolute Gasteiger partial charge is 0.627 e. The Hall–Kier alpha value is -2.40. The van der Waals surface area contributed by atoms with Gasteiger partial charge in [0.1, 0.15) is 37.2 Å². The molecule has 0 saturated carbocycles. The molecular weight excluding hydrogens is 519 g/mol. The molecule has 2 aromatic carbocycles. The van der Waals surface area contributed by atoms with E-state index in [1.165, 1.54) is 6.92 Å². The van der Waals surface area contributed by atoms with Crippen molar-refractivity contribution >= 4 is 41.1 Å². The van der Waals surface area contributed by atoms with Gasteiger partial charge in [0, 0.05) is 36.2 Å². The summed E-state index contributed by atoms with van der Waals surface area (Å²) in [5.41, 5.74) is 1.36. The third-order valence-electron chi connectivity index (χ3n) is 7.02. The van der Waals surface area contributed by atoms with E-state index in [0.29, 0.717) is 66.4 Å². The van der Waals surface area contributed by atoms with Crippen LogP contribution in [-0.2, 0) is 20.1 Å². The molecule has 0 radical (unpaired) electrons. The summed E-state index contributed by atoms with van der Waals surface area (Å²) in [5.74, 6) is -0.434. The molecule has 0 aromatic heterocycles. The Bertz CT molecular complexity index is 1160. The van der Waals surface area contributed by atoms with Crippen molar-refractivity contribution < 1.29 is 19.0 Å². The van der Waals surface area contributed by atoms with Gasteiger partial charge < -0.3 is 33.9 Å². The zero-order valence-electron chi connectivity index (χ0n) is 20.6. The van der Waals surface area contributed by atoms with Crippen LogP contribution in [0.2, 0.25) is 10.0 Å². The number of amides is 1. The van der Waals surface area contributed by atoms with Gasteiger partial charge in [-0.25, -0.2) is 0 Å². The number of aliphatic imine (C=N–C) groups is 1. The maximum absolute atomic E-state index is 13.3. The molecule has 3 aliphatic rings. The van der Waals surface area contributed by atoms with Crippen molar-refractivity contribution in [2.24, 2.45) is 4.99 Å². The van der Waals surface area contributed by atoms with Crippen LogP contribution in [-0.4, -0.2) is 87.2 Å². The number of hydrogen-bond donors (Lipinski definition) is 0. The molecule has 0 spiro atoms. The lowest BCUT2D eigenvalue weighted by molar-refractivity contribution is -0.184.